The van der Waals surface area contributed by atoms with E-state index >= 15 is 0 Å². The van der Waals surface area contributed by atoms with E-state index in [0.717, 1.165) is 41.9 Å². The average Bonchev–Trinajstić information content (AvgIpc) is 3.13. The minimum Gasteiger partial charge on any atom is -0.397 e. The van der Waals surface area contributed by atoms with Gasteiger partial charge in [-0.05, 0) is 50.4 Å². The second kappa shape index (κ2) is 6.53. The van der Waals surface area contributed by atoms with E-state index in [1.807, 2.05) is 24.5 Å². The van der Waals surface area contributed by atoms with Crippen molar-refractivity contribution in [2.24, 2.45) is 0 Å². The zero-order chi connectivity index (χ0) is 18.3. The van der Waals surface area contributed by atoms with Crippen LogP contribution in [0.15, 0.2) is 36.8 Å². The Morgan fingerprint density at radius 1 is 1.07 bits per heavy atom. The molecular weight excluding hydrogens is 336 g/mol. The first-order valence-electron chi connectivity index (χ1n) is 9.92. The highest BCUT2D eigenvalue weighted by molar-refractivity contribution is 6.02. The number of fused-ring (bicyclic) bond motifs is 1. The molecule has 2 fully saturated rings. The largest absolute Gasteiger partial charge is 0.397 e. The first-order valence-corrected chi connectivity index (χ1v) is 9.92. The van der Waals surface area contributed by atoms with E-state index in [4.69, 9.17) is 5.73 Å². The summed E-state index contributed by atoms with van der Waals surface area (Å²) in [7, 11) is 0. The van der Waals surface area contributed by atoms with Gasteiger partial charge in [-0.1, -0.05) is 6.42 Å². The number of hydrogen-bond donors (Lipinski definition) is 3. The predicted octanol–water partition coefficient (Wildman–Crippen LogP) is 3.32. The van der Waals surface area contributed by atoms with Crippen molar-refractivity contribution >= 4 is 22.4 Å². The summed E-state index contributed by atoms with van der Waals surface area (Å²) in [5, 5.41) is 4.99. The summed E-state index contributed by atoms with van der Waals surface area (Å²) in [5.74, 6) is 0. The summed E-state index contributed by atoms with van der Waals surface area (Å²) in [5.41, 5.74) is 10.9. The highest BCUT2D eigenvalue weighted by Crippen LogP contribution is 2.38. The first kappa shape index (κ1) is 16.6. The fraction of sp³-hybridized carbons (Fsp3) is 0.429. The number of nitrogens with zero attached hydrogens (tertiary/aromatic N) is 3. The Hall–Kier alpha value is -2.60. The molecule has 6 nitrogen and oxygen atoms in total. The first-order chi connectivity index (χ1) is 13.2. The quantitative estimate of drug-likeness (QED) is 0.651. The highest BCUT2D eigenvalue weighted by Gasteiger charge is 2.36. The van der Waals surface area contributed by atoms with Gasteiger partial charge in [-0.2, -0.15) is 0 Å². The molecule has 140 valence electrons. The van der Waals surface area contributed by atoms with Crippen LogP contribution < -0.4 is 16.0 Å². The van der Waals surface area contributed by atoms with Crippen molar-refractivity contribution < 1.29 is 0 Å². The van der Waals surface area contributed by atoms with Crippen LogP contribution in [0.2, 0.25) is 0 Å². The molecule has 4 N–H and O–H groups in total. The minimum atomic E-state index is 0.266. The molecule has 2 aliphatic heterocycles. The van der Waals surface area contributed by atoms with E-state index in [0.29, 0.717) is 5.69 Å². The summed E-state index contributed by atoms with van der Waals surface area (Å²) >= 11 is 0. The van der Waals surface area contributed by atoms with Gasteiger partial charge >= 0.3 is 0 Å². The Balaban J connectivity index is 1.57. The van der Waals surface area contributed by atoms with Crippen molar-refractivity contribution in [2.75, 3.05) is 30.3 Å². The van der Waals surface area contributed by atoms with Crippen molar-refractivity contribution in [3.63, 3.8) is 0 Å². The molecule has 27 heavy (non-hydrogen) atoms. The number of H-pyrrole nitrogens is 1. The molecule has 3 aromatic rings. The number of nitrogens with one attached hydrogen (secondary N) is 2. The van der Waals surface area contributed by atoms with Gasteiger partial charge in [-0.3, -0.25) is 4.98 Å². The van der Waals surface area contributed by atoms with E-state index in [9.17, 15) is 0 Å². The van der Waals surface area contributed by atoms with Gasteiger partial charge in [-0.15, -0.1) is 0 Å². The molecule has 0 aliphatic carbocycles. The lowest BCUT2D eigenvalue weighted by molar-refractivity contribution is 0.216. The van der Waals surface area contributed by atoms with Crippen molar-refractivity contribution in [3.05, 3.63) is 36.8 Å². The Labute approximate surface area is 159 Å². The molecule has 0 amide bonds. The topological polar surface area (TPSA) is 82.9 Å². The number of piperidine rings is 2. The maximum Gasteiger partial charge on any atom is 0.140 e. The van der Waals surface area contributed by atoms with Crippen LogP contribution in [0.3, 0.4) is 0 Å². The number of rotatable bonds is 2. The molecule has 2 aliphatic rings. The van der Waals surface area contributed by atoms with Gasteiger partial charge in [0.05, 0.1) is 28.7 Å². The van der Waals surface area contributed by atoms with Gasteiger partial charge in [0, 0.05) is 36.6 Å². The lowest BCUT2D eigenvalue weighted by Gasteiger charge is -2.47. The normalized spacial score (nSPS) is 23.2. The molecule has 0 aromatic carbocycles. The number of nitrogen functional groups attached to an aromatic ring is 1. The van der Waals surface area contributed by atoms with Crippen molar-refractivity contribution in [1.29, 1.82) is 0 Å². The Kier molecular flexibility index (Phi) is 4.01. The van der Waals surface area contributed by atoms with Crippen LogP contribution in [-0.4, -0.2) is 40.1 Å². The summed E-state index contributed by atoms with van der Waals surface area (Å²) < 4.78 is 0. The lowest BCUT2D eigenvalue weighted by Crippen LogP contribution is -2.59. The fourth-order valence-electron chi connectivity index (χ4n) is 4.79. The van der Waals surface area contributed by atoms with Crippen LogP contribution >= 0.6 is 0 Å². The number of pyridine rings is 2. The third kappa shape index (κ3) is 2.94. The van der Waals surface area contributed by atoms with Crippen molar-refractivity contribution in [2.45, 2.75) is 37.6 Å². The summed E-state index contributed by atoms with van der Waals surface area (Å²) in [6, 6.07) is 6.03. The minimum absolute atomic E-state index is 0.266. The van der Waals surface area contributed by atoms with E-state index in [1.54, 1.807) is 6.20 Å². The fourth-order valence-corrected chi connectivity index (χ4v) is 4.79. The van der Waals surface area contributed by atoms with Gasteiger partial charge < -0.3 is 20.9 Å². The molecule has 2 saturated heterocycles. The van der Waals surface area contributed by atoms with Gasteiger partial charge in [-0.25, -0.2) is 4.98 Å². The Morgan fingerprint density at radius 3 is 2.81 bits per heavy atom. The molecule has 0 saturated carbocycles. The van der Waals surface area contributed by atoms with Crippen LogP contribution in [-0.2, 0) is 0 Å². The third-order valence-corrected chi connectivity index (χ3v) is 6.11. The summed E-state index contributed by atoms with van der Waals surface area (Å²) in [4.78, 5) is 15.0. The number of aromatic nitrogens is 3. The molecule has 5 heterocycles. The number of hydrogen-bond acceptors (Lipinski definition) is 5. The van der Waals surface area contributed by atoms with E-state index < -0.39 is 0 Å². The molecule has 0 bridgehead atoms. The molecule has 1 atom stereocenters. The van der Waals surface area contributed by atoms with Crippen molar-refractivity contribution in [3.8, 4) is 11.3 Å². The van der Waals surface area contributed by atoms with Crippen LogP contribution in [0.4, 0.5) is 11.4 Å². The van der Waals surface area contributed by atoms with Gasteiger partial charge in [0.1, 0.15) is 5.65 Å². The van der Waals surface area contributed by atoms with Gasteiger partial charge in [0.25, 0.3) is 0 Å². The number of nitrogens with two attached hydrogens (primary N) is 1. The predicted molar refractivity (Wildman–Crippen MR) is 110 cm³/mol. The third-order valence-electron chi connectivity index (χ3n) is 6.11. The molecule has 1 spiro atoms. The lowest BCUT2D eigenvalue weighted by atomic mass is 9.81. The van der Waals surface area contributed by atoms with Crippen molar-refractivity contribution in [1.82, 2.24) is 20.3 Å². The summed E-state index contributed by atoms with van der Waals surface area (Å²) in [6.45, 7) is 3.29. The molecule has 1 unspecified atom stereocenters. The monoisotopic (exact) mass is 362 g/mol. The maximum absolute atomic E-state index is 5.82. The second-order valence-electron chi connectivity index (χ2n) is 7.92. The summed E-state index contributed by atoms with van der Waals surface area (Å²) in [6.07, 6.45) is 12.0. The van der Waals surface area contributed by atoms with Gasteiger partial charge in [0.15, 0.2) is 0 Å². The highest BCUT2D eigenvalue weighted by atomic mass is 15.2. The smallest absolute Gasteiger partial charge is 0.140 e. The van der Waals surface area contributed by atoms with Crippen LogP contribution in [0.1, 0.15) is 32.1 Å². The van der Waals surface area contributed by atoms with Crippen LogP contribution in [0, 0.1) is 0 Å². The SMILES string of the molecule is Nc1ccc(-c2c[nH]c3nccc(N4CCCC5(CCCCN5)C4)c23)nc1. The average molecular weight is 362 g/mol. The Bertz CT molecular complexity index is 933. The number of anilines is 2. The zero-order valence-electron chi connectivity index (χ0n) is 15.5. The molecular formula is C21H26N6. The Morgan fingerprint density at radius 2 is 2.00 bits per heavy atom. The maximum atomic E-state index is 5.82. The standard InChI is InChI=1S/C21H26N6/c22-15-4-5-17(24-12-15)16-13-25-20-19(16)18(6-10-23-20)27-11-3-8-21(14-27)7-1-2-9-26-21/h4-6,10,12-13,26H,1-3,7-9,11,14,22H2,(H,23,25). The molecule has 6 heteroatoms. The van der Waals surface area contributed by atoms with E-state index in [1.165, 1.54) is 37.8 Å². The molecule has 5 rings (SSSR count). The zero-order valence-corrected chi connectivity index (χ0v) is 15.5. The van der Waals surface area contributed by atoms with E-state index in [2.05, 4.69) is 31.2 Å². The van der Waals surface area contributed by atoms with E-state index in [-0.39, 0.29) is 5.54 Å². The molecule has 3 aromatic heterocycles. The number of aromatic amines is 1. The second-order valence-corrected chi connectivity index (χ2v) is 7.92. The van der Waals surface area contributed by atoms with Crippen LogP contribution in [0.5, 0.6) is 0 Å². The van der Waals surface area contributed by atoms with Crippen LogP contribution in [0.25, 0.3) is 22.3 Å². The molecule has 0 radical (unpaired) electrons. The van der Waals surface area contributed by atoms with Gasteiger partial charge in [0.2, 0.25) is 0 Å².